The number of urea groups is 1. The molecule has 0 radical (unpaired) electrons. The number of likely N-dealkylation sites (tertiary alicyclic amines) is 1. The highest BCUT2D eigenvalue weighted by Crippen LogP contribution is 2.51. The molecule has 146 valence electrons. The summed E-state index contributed by atoms with van der Waals surface area (Å²) in [6.07, 6.45) is 2.11. The van der Waals surface area contributed by atoms with Crippen molar-refractivity contribution in [2.24, 2.45) is 5.92 Å². The third kappa shape index (κ3) is 2.88. The summed E-state index contributed by atoms with van der Waals surface area (Å²) < 4.78 is 1.95. The van der Waals surface area contributed by atoms with Gasteiger partial charge < -0.3 is 20.4 Å². The van der Waals surface area contributed by atoms with E-state index in [9.17, 15) is 15.0 Å². The number of aliphatic hydroxyl groups excluding tert-OH is 2. The number of aromatic nitrogens is 2. The van der Waals surface area contributed by atoms with Gasteiger partial charge in [-0.25, -0.2) is 4.79 Å². The molecule has 3 heterocycles. The van der Waals surface area contributed by atoms with Crippen molar-refractivity contribution in [2.45, 2.75) is 44.4 Å². The Hall–Kier alpha value is -1.83. The van der Waals surface area contributed by atoms with Crippen molar-refractivity contribution in [3.8, 4) is 0 Å². The van der Waals surface area contributed by atoms with Gasteiger partial charge in [-0.2, -0.15) is 5.10 Å². The molecule has 27 heavy (non-hydrogen) atoms. The molecule has 1 aromatic heterocycles. The van der Waals surface area contributed by atoms with E-state index in [1.165, 1.54) is 0 Å². The maximum atomic E-state index is 12.2. The van der Waals surface area contributed by atoms with Crippen molar-refractivity contribution in [2.75, 3.05) is 19.6 Å². The summed E-state index contributed by atoms with van der Waals surface area (Å²) in [5.41, 5.74) is 1.22. The van der Waals surface area contributed by atoms with Crippen LogP contribution in [0.25, 0.3) is 10.9 Å². The smallest absolute Gasteiger partial charge is 0.317 e. The molecule has 0 bridgehead atoms. The number of halogens is 1. The lowest BCUT2D eigenvalue weighted by Gasteiger charge is -2.42. The molecular weight excluding hydrogens is 368 g/mol. The molecule has 2 aliphatic heterocycles. The number of rotatable bonds is 3. The van der Waals surface area contributed by atoms with Crippen LogP contribution < -0.4 is 5.32 Å². The van der Waals surface area contributed by atoms with Crippen LogP contribution in [0.1, 0.15) is 38.4 Å². The first-order chi connectivity index (χ1) is 12.8. The molecule has 3 N–H and O–H groups in total. The minimum absolute atomic E-state index is 0.150. The molecule has 1 aromatic carbocycles. The van der Waals surface area contributed by atoms with Gasteiger partial charge in [0.15, 0.2) is 0 Å². The van der Waals surface area contributed by atoms with Gasteiger partial charge in [0.2, 0.25) is 0 Å². The molecule has 2 aliphatic rings. The number of nitrogens with one attached hydrogen (secondary N) is 1. The first-order valence-electron chi connectivity index (χ1n) is 9.39. The number of hydrogen-bond acceptors (Lipinski definition) is 4. The van der Waals surface area contributed by atoms with Crippen molar-refractivity contribution < 1.29 is 15.0 Å². The maximum absolute atomic E-state index is 12.2. The van der Waals surface area contributed by atoms with Crippen molar-refractivity contribution in [1.82, 2.24) is 20.0 Å². The zero-order valence-electron chi connectivity index (χ0n) is 15.5. The summed E-state index contributed by atoms with van der Waals surface area (Å²) in [4.78, 5) is 14.0. The van der Waals surface area contributed by atoms with Crippen LogP contribution in [0.15, 0.2) is 18.3 Å². The van der Waals surface area contributed by atoms with Gasteiger partial charge in [-0.15, -0.1) is 0 Å². The van der Waals surface area contributed by atoms with E-state index < -0.39 is 17.7 Å². The number of aliphatic hydroxyl groups is 2. The second kappa shape index (κ2) is 6.65. The summed E-state index contributed by atoms with van der Waals surface area (Å²) in [5, 5.41) is 29.3. The Morgan fingerprint density at radius 1 is 1.44 bits per heavy atom. The molecule has 3 atom stereocenters. The number of carbonyl (C=O) groups is 1. The van der Waals surface area contributed by atoms with Gasteiger partial charge in [0.1, 0.15) is 6.10 Å². The van der Waals surface area contributed by atoms with E-state index in [1.807, 2.05) is 23.7 Å². The Labute approximate surface area is 162 Å². The van der Waals surface area contributed by atoms with E-state index in [-0.39, 0.29) is 18.5 Å². The van der Waals surface area contributed by atoms with E-state index in [0.29, 0.717) is 18.1 Å². The van der Waals surface area contributed by atoms with Crippen LogP contribution in [0.2, 0.25) is 5.02 Å². The van der Waals surface area contributed by atoms with E-state index >= 15 is 0 Å². The average Bonchev–Trinajstić information content (AvgIpc) is 3.16. The largest absolute Gasteiger partial charge is 0.392 e. The van der Waals surface area contributed by atoms with Crippen LogP contribution in [0.5, 0.6) is 0 Å². The van der Waals surface area contributed by atoms with Crippen molar-refractivity contribution >= 4 is 28.5 Å². The third-order valence-corrected chi connectivity index (χ3v) is 6.34. The summed E-state index contributed by atoms with van der Waals surface area (Å²) in [7, 11) is 0. The number of piperidine rings is 1. The first-order valence-corrected chi connectivity index (χ1v) is 9.76. The fraction of sp³-hybridized carbons (Fsp3) is 0.579. The fourth-order valence-corrected chi connectivity index (χ4v) is 4.81. The topological polar surface area (TPSA) is 90.6 Å². The Bertz CT molecular complexity index is 875. The maximum Gasteiger partial charge on any atom is 0.317 e. The van der Waals surface area contributed by atoms with Crippen molar-refractivity contribution in [3.05, 3.63) is 28.9 Å². The Morgan fingerprint density at radius 2 is 2.15 bits per heavy atom. The fourth-order valence-electron chi connectivity index (χ4n) is 4.58. The van der Waals surface area contributed by atoms with Crippen LogP contribution >= 0.6 is 11.6 Å². The van der Waals surface area contributed by atoms with E-state index in [0.717, 1.165) is 29.3 Å². The van der Waals surface area contributed by atoms with Gasteiger partial charge in [0.05, 0.1) is 23.4 Å². The minimum Gasteiger partial charge on any atom is -0.392 e. The van der Waals surface area contributed by atoms with Crippen LogP contribution in [0, 0.1) is 5.92 Å². The number of hydrogen-bond donors (Lipinski definition) is 3. The average molecular weight is 393 g/mol. The monoisotopic (exact) mass is 392 g/mol. The van der Waals surface area contributed by atoms with Crippen LogP contribution in [-0.4, -0.2) is 56.7 Å². The van der Waals surface area contributed by atoms with Gasteiger partial charge in [0.25, 0.3) is 0 Å². The second-order valence-electron chi connectivity index (χ2n) is 7.91. The van der Waals surface area contributed by atoms with Gasteiger partial charge in [-0.3, -0.25) is 4.68 Å². The quantitative estimate of drug-likeness (QED) is 0.747. The number of amides is 2. The highest BCUT2D eigenvalue weighted by Gasteiger charge is 2.50. The van der Waals surface area contributed by atoms with Crippen molar-refractivity contribution in [1.29, 1.82) is 0 Å². The molecule has 2 aromatic rings. The zero-order chi connectivity index (χ0) is 19.3. The molecule has 7 nitrogen and oxygen atoms in total. The molecule has 2 amide bonds. The number of carbonyl (C=O) groups excluding carboxylic acids is 1. The molecule has 0 spiro atoms. The van der Waals surface area contributed by atoms with Crippen LogP contribution in [0.3, 0.4) is 0 Å². The lowest BCUT2D eigenvalue weighted by molar-refractivity contribution is -0.0117. The van der Waals surface area contributed by atoms with Gasteiger partial charge in [0, 0.05) is 35.6 Å². The van der Waals surface area contributed by atoms with Crippen LogP contribution in [0.4, 0.5) is 4.79 Å². The predicted octanol–water partition coefficient (Wildman–Crippen LogP) is 2.25. The second-order valence-corrected chi connectivity index (χ2v) is 8.35. The molecule has 1 saturated heterocycles. The molecule has 1 unspecified atom stereocenters. The van der Waals surface area contributed by atoms with E-state index in [1.54, 1.807) is 18.0 Å². The van der Waals surface area contributed by atoms with Gasteiger partial charge in [-0.05, 0) is 44.7 Å². The van der Waals surface area contributed by atoms with Crippen molar-refractivity contribution in [3.63, 3.8) is 0 Å². The first kappa shape index (κ1) is 18.5. The standard InChI is InChI=1S/C19H25ClN4O3/c1-11(25)9-21-18(27)23-5-3-13(4-6-23)19(2)17(26)15-8-14(20)7-12-10-22-24(19)16(12)15/h7-8,10-11,13,17,25-26H,3-6,9H2,1-2H3,(H,21,27)/t11-,17+,19?/m0/s1. The molecule has 8 heteroatoms. The third-order valence-electron chi connectivity index (χ3n) is 6.12. The van der Waals surface area contributed by atoms with E-state index in [4.69, 9.17) is 11.6 Å². The molecule has 4 rings (SSSR count). The highest BCUT2D eigenvalue weighted by molar-refractivity contribution is 6.31. The Morgan fingerprint density at radius 3 is 2.81 bits per heavy atom. The predicted molar refractivity (Wildman–Crippen MR) is 103 cm³/mol. The molecule has 0 aliphatic carbocycles. The normalized spacial score (nSPS) is 26.6. The lowest BCUT2D eigenvalue weighted by Crippen LogP contribution is -2.50. The summed E-state index contributed by atoms with van der Waals surface area (Å²) in [6.45, 7) is 5.16. The number of benzene rings is 1. The highest BCUT2D eigenvalue weighted by atomic mass is 35.5. The SMILES string of the molecule is C[C@H](O)CNC(=O)N1CCC(C2(C)[C@H](O)c3cc(Cl)cc4cnn2c34)CC1. The minimum atomic E-state index is -0.678. The lowest BCUT2D eigenvalue weighted by atomic mass is 9.75. The van der Waals surface area contributed by atoms with E-state index in [2.05, 4.69) is 10.4 Å². The Balaban J connectivity index is 1.52. The summed E-state index contributed by atoms with van der Waals surface area (Å²) in [6, 6.07) is 3.55. The van der Waals surface area contributed by atoms with Gasteiger partial charge in [-0.1, -0.05) is 11.6 Å². The zero-order valence-corrected chi connectivity index (χ0v) is 16.3. The molecule has 1 fully saturated rings. The molecule has 0 saturated carbocycles. The summed E-state index contributed by atoms with van der Waals surface area (Å²) >= 11 is 6.22. The number of nitrogens with zero attached hydrogens (tertiary/aromatic N) is 3. The Kier molecular flexibility index (Phi) is 4.56. The van der Waals surface area contributed by atoms with Gasteiger partial charge >= 0.3 is 6.03 Å². The van der Waals surface area contributed by atoms with Crippen LogP contribution in [-0.2, 0) is 5.54 Å². The summed E-state index contributed by atoms with van der Waals surface area (Å²) in [5.74, 6) is 0.183. The molecular formula is C19H25ClN4O3.